The Kier molecular flexibility index (Phi) is 3.74. The predicted octanol–water partition coefficient (Wildman–Crippen LogP) is 3.15. The Bertz CT molecular complexity index is 688. The number of rotatable bonds is 2. The Morgan fingerprint density at radius 3 is 2.79 bits per heavy atom. The maximum absolute atomic E-state index is 12.0. The lowest BCUT2D eigenvalue weighted by atomic mass is 10.2. The smallest absolute Gasteiger partial charge is 0.256 e. The molecular formula is C12H8Cl2N4O. The fourth-order valence-electron chi connectivity index (χ4n) is 1.47. The lowest BCUT2D eigenvalue weighted by Crippen LogP contribution is -2.13. The minimum atomic E-state index is -0.415. The van der Waals surface area contributed by atoms with Gasteiger partial charge in [-0.25, -0.2) is 0 Å². The fourth-order valence-corrected chi connectivity index (χ4v) is 1.77. The topological polar surface area (TPSA) is 81.6 Å². The highest BCUT2D eigenvalue weighted by molar-refractivity contribution is 6.42. The first kappa shape index (κ1) is 13.4. The maximum Gasteiger partial charge on any atom is 0.256 e. The van der Waals surface area contributed by atoms with E-state index in [-0.39, 0.29) is 10.8 Å². The number of hydrogen-bond acceptors (Lipinski definition) is 3. The molecule has 0 saturated heterocycles. The van der Waals surface area contributed by atoms with Crippen molar-refractivity contribution < 1.29 is 4.79 Å². The average Bonchev–Trinajstić information content (AvgIpc) is 2.73. The number of amides is 1. The van der Waals surface area contributed by atoms with Gasteiger partial charge < -0.3 is 5.32 Å². The lowest BCUT2D eigenvalue weighted by Gasteiger charge is -2.03. The molecule has 0 fully saturated rings. The van der Waals surface area contributed by atoms with Crippen molar-refractivity contribution in [2.75, 3.05) is 5.32 Å². The van der Waals surface area contributed by atoms with Crippen molar-refractivity contribution >= 4 is 34.9 Å². The molecule has 2 aromatic rings. The quantitative estimate of drug-likeness (QED) is 0.892. The molecule has 0 unspecified atom stereocenters. The van der Waals surface area contributed by atoms with E-state index in [1.54, 1.807) is 6.92 Å². The molecule has 0 aliphatic heterocycles. The van der Waals surface area contributed by atoms with Crippen LogP contribution >= 0.6 is 23.2 Å². The predicted molar refractivity (Wildman–Crippen MR) is 72.5 cm³/mol. The summed E-state index contributed by atoms with van der Waals surface area (Å²) in [4.78, 5) is 12.0. The number of halogens is 2. The molecule has 2 rings (SSSR count). The van der Waals surface area contributed by atoms with Crippen LogP contribution in [0.1, 0.15) is 21.6 Å². The molecule has 1 amide bonds. The highest BCUT2D eigenvalue weighted by atomic mass is 35.5. The summed E-state index contributed by atoms with van der Waals surface area (Å²) >= 11 is 11.6. The molecule has 1 aromatic heterocycles. The van der Waals surface area contributed by atoms with Crippen LogP contribution in [-0.4, -0.2) is 16.1 Å². The third-order valence-electron chi connectivity index (χ3n) is 2.47. The summed E-state index contributed by atoms with van der Waals surface area (Å²) < 4.78 is 0. The molecule has 2 N–H and O–H groups in total. The Balaban J connectivity index is 2.26. The zero-order valence-electron chi connectivity index (χ0n) is 9.79. The number of nitriles is 1. The summed E-state index contributed by atoms with van der Waals surface area (Å²) in [6.07, 6.45) is 0. The van der Waals surface area contributed by atoms with Gasteiger partial charge in [-0.05, 0) is 25.1 Å². The summed E-state index contributed by atoms with van der Waals surface area (Å²) in [5.74, 6) is -0.224. The number of aromatic nitrogens is 2. The molecule has 19 heavy (non-hydrogen) atoms. The second-order valence-corrected chi connectivity index (χ2v) is 4.58. The van der Waals surface area contributed by atoms with Crippen LogP contribution in [0.2, 0.25) is 10.0 Å². The van der Waals surface area contributed by atoms with Crippen LogP contribution in [0, 0.1) is 18.3 Å². The maximum atomic E-state index is 12.0. The van der Waals surface area contributed by atoms with E-state index in [2.05, 4.69) is 15.5 Å². The molecule has 1 aromatic carbocycles. The lowest BCUT2D eigenvalue weighted by molar-refractivity contribution is 0.102. The molecule has 0 aliphatic carbocycles. The van der Waals surface area contributed by atoms with Crippen molar-refractivity contribution in [1.29, 1.82) is 5.26 Å². The van der Waals surface area contributed by atoms with Crippen molar-refractivity contribution in [1.82, 2.24) is 10.2 Å². The standard InChI is InChI=1S/C12H8Cl2N4O/c1-6-8(5-15)11(18-17-6)16-12(19)7-2-3-9(13)10(14)4-7/h2-4H,1H3,(H2,16,17,18,19). The van der Waals surface area contributed by atoms with Gasteiger partial charge in [0.25, 0.3) is 5.91 Å². The molecule has 96 valence electrons. The second kappa shape index (κ2) is 5.31. The Morgan fingerprint density at radius 1 is 1.42 bits per heavy atom. The number of nitrogens with zero attached hydrogens (tertiary/aromatic N) is 2. The molecule has 0 aliphatic rings. The number of aryl methyl sites for hydroxylation is 1. The van der Waals surface area contributed by atoms with E-state index in [9.17, 15) is 4.79 Å². The van der Waals surface area contributed by atoms with Gasteiger partial charge in [0.1, 0.15) is 11.6 Å². The fraction of sp³-hybridized carbons (Fsp3) is 0.0833. The summed E-state index contributed by atoms with van der Waals surface area (Å²) in [6.45, 7) is 1.69. The molecule has 0 bridgehead atoms. The number of H-pyrrole nitrogens is 1. The zero-order valence-corrected chi connectivity index (χ0v) is 11.3. The van der Waals surface area contributed by atoms with E-state index >= 15 is 0 Å². The van der Waals surface area contributed by atoms with Gasteiger partial charge in [0, 0.05) is 5.56 Å². The van der Waals surface area contributed by atoms with Crippen molar-refractivity contribution in [3.63, 3.8) is 0 Å². The average molecular weight is 295 g/mol. The van der Waals surface area contributed by atoms with Crippen molar-refractivity contribution in [3.05, 3.63) is 45.1 Å². The highest BCUT2D eigenvalue weighted by Gasteiger charge is 2.14. The third kappa shape index (κ3) is 2.70. The van der Waals surface area contributed by atoms with Crippen LogP contribution in [0.25, 0.3) is 0 Å². The van der Waals surface area contributed by atoms with Crippen LogP contribution in [0.5, 0.6) is 0 Å². The van der Waals surface area contributed by atoms with E-state index < -0.39 is 5.91 Å². The Morgan fingerprint density at radius 2 is 2.16 bits per heavy atom. The first-order valence-electron chi connectivity index (χ1n) is 5.24. The molecule has 7 heteroatoms. The van der Waals surface area contributed by atoms with Crippen LogP contribution in [0.3, 0.4) is 0 Å². The van der Waals surface area contributed by atoms with Gasteiger partial charge in [0.2, 0.25) is 0 Å². The number of anilines is 1. The van der Waals surface area contributed by atoms with Gasteiger partial charge in [0.15, 0.2) is 5.82 Å². The number of carbonyl (C=O) groups is 1. The summed E-state index contributed by atoms with van der Waals surface area (Å²) in [6, 6.07) is 6.48. The van der Waals surface area contributed by atoms with Crippen LogP contribution in [0.4, 0.5) is 5.82 Å². The van der Waals surface area contributed by atoms with Gasteiger partial charge in [-0.2, -0.15) is 10.4 Å². The first-order valence-corrected chi connectivity index (χ1v) is 6.00. The zero-order chi connectivity index (χ0) is 14.0. The summed E-state index contributed by atoms with van der Waals surface area (Å²) in [5.41, 5.74) is 1.22. The van der Waals surface area contributed by atoms with E-state index in [1.165, 1.54) is 18.2 Å². The molecule has 0 atom stereocenters. The number of carbonyl (C=O) groups excluding carboxylic acids is 1. The molecule has 0 spiro atoms. The summed E-state index contributed by atoms with van der Waals surface area (Å²) in [5, 5.41) is 18.6. The van der Waals surface area contributed by atoms with Gasteiger partial charge >= 0.3 is 0 Å². The minimum absolute atomic E-state index is 0.191. The number of benzene rings is 1. The van der Waals surface area contributed by atoms with E-state index in [0.29, 0.717) is 21.8 Å². The third-order valence-corrected chi connectivity index (χ3v) is 3.21. The summed E-state index contributed by atoms with van der Waals surface area (Å²) in [7, 11) is 0. The monoisotopic (exact) mass is 294 g/mol. The van der Waals surface area contributed by atoms with Gasteiger partial charge in [-0.3, -0.25) is 9.89 Å². The van der Waals surface area contributed by atoms with E-state index in [0.717, 1.165) is 0 Å². The molecule has 5 nitrogen and oxygen atoms in total. The SMILES string of the molecule is Cc1[nH]nc(NC(=O)c2ccc(Cl)c(Cl)c2)c1C#N. The molecule has 0 saturated carbocycles. The number of aromatic amines is 1. The van der Waals surface area contributed by atoms with Crippen molar-refractivity contribution in [3.8, 4) is 6.07 Å². The normalized spacial score (nSPS) is 10.0. The van der Waals surface area contributed by atoms with Crippen molar-refractivity contribution in [2.24, 2.45) is 0 Å². The van der Waals surface area contributed by atoms with Crippen LogP contribution < -0.4 is 5.32 Å². The minimum Gasteiger partial charge on any atom is -0.304 e. The largest absolute Gasteiger partial charge is 0.304 e. The second-order valence-electron chi connectivity index (χ2n) is 3.77. The van der Waals surface area contributed by atoms with Crippen LogP contribution in [0.15, 0.2) is 18.2 Å². The van der Waals surface area contributed by atoms with Crippen LogP contribution in [-0.2, 0) is 0 Å². The highest BCUT2D eigenvalue weighted by Crippen LogP contribution is 2.23. The number of hydrogen-bond donors (Lipinski definition) is 2. The van der Waals surface area contributed by atoms with E-state index in [1.807, 2.05) is 6.07 Å². The van der Waals surface area contributed by atoms with E-state index in [4.69, 9.17) is 28.5 Å². The Hall–Kier alpha value is -2.03. The van der Waals surface area contributed by atoms with Crippen molar-refractivity contribution in [2.45, 2.75) is 6.92 Å². The number of nitrogens with one attached hydrogen (secondary N) is 2. The molecule has 0 radical (unpaired) electrons. The van der Waals surface area contributed by atoms with Gasteiger partial charge in [-0.15, -0.1) is 0 Å². The molecular weight excluding hydrogens is 287 g/mol. The van der Waals surface area contributed by atoms with Gasteiger partial charge in [0.05, 0.1) is 15.7 Å². The first-order chi connectivity index (χ1) is 9.02. The Labute approximate surface area is 119 Å². The van der Waals surface area contributed by atoms with Gasteiger partial charge in [-0.1, -0.05) is 23.2 Å². The molecule has 1 heterocycles.